The van der Waals surface area contributed by atoms with E-state index in [1.165, 1.54) is 0 Å². The van der Waals surface area contributed by atoms with E-state index in [1.807, 2.05) is 42.5 Å². The van der Waals surface area contributed by atoms with E-state index >= 15 is 0 Å². The minimum absolute atomic E-state index is 0.0422. The summed E-state index contributed by atoms with van der Waals surface area (Å²) in [6, 6.07) is 13.4. The number of ether oxygens (including phenoxy) is 3. The zero-order valence-electron chi connectivity index (χ0n) is 20.5. The third-order valence-electron chi connectivity index (χ3n) is 5.71. The zero-order valence-corrected chi connectivity index (χ0v) is 20.5. The van der Waals surface area contributed by atoms with Gasteiger partial charge in [0, 0.05) is 13.1 Å². The molecule has 2 N–H and O–H groups in total. The third kappa shape index (κ3) is 8.29. The lowest BCUT2D eigenvalue weighted by Gasteiger charge is -2.30. The van der Waals surface area contributed by atoms with Crippen molar-refractivity contribution in [2.45, 2.75) is 38.8 Å². The van der Waals surface area contributed by atoms with Crippen molar-refractivity contribution in [3.8, 4) is 11.5 Å². The fraction of sp³-hybridized carbons (Fsp3) is 0.423. The Morgan fingerprint density at radius 2 is 1.74 bits per heavy atom. The van der Waals surface area contributed by atoms with Crippen molar-refractivity contribution >= 4 is 18.3 Å². The van der Waals surface area contributed by atoms with Crippen molar-refractivity contribution in [3.63, 3.8) is 0 Å². The standard InChI is InChI=1S/C25H32N2O5.CH2O2/c1-4-32-25(29)21(11-10-18-8-6-5-7-9-18)26-16-24(28)27-13-12-19-14-22(30-2)23(31-3)15-20(19)17-27;2-1-3/h5-9,14-15,21,26H,4,10-13,16-17H2,1-3H3;1H,(H,2,3). The van der Waals surface area contributed by atoms with E-state index in [0.717, 1.165) is 29.5 Å². The van der Waals surface area contributed by atoms with E-state index in [-0.39, 0.29) is 24.9 Å². The molecule has 0 fully saturated rings. The molecule has 0 aromatic heterocycles. The lowest BCUT2D eigenvalue weighted by Crippen LogP contribution is -2.46. The Morgan fingerprint density at radius 3 is 2.34 bits per heavy atom. The molecule has 1 heterocycles. The van der Waals surface area contributed by atoms with Crippen molar-refractivity contribution in [2.75, 3.05) is 33.9 Å². The van der Waals surface area contributed by atoms with Crippen molar-refractivity contribution in [1.29, 1.82) is 0 Å². The molecule has 9 heteroatoms. The highest BCUT2D eigenvalue weighted by atomic mass is 16.5. The van der Waals surface area contributed by atoms with Crippen LogP contribution < -0.4 is 14.8 Å². The Hall–Kier alpha value is -3.59. The fourth-order valence-corrected chi connectivity index (χ4v) is 3.92. The topological polar surface area (TPSA) is 114 Å². The van der Waals surface area contributed by atoms with E-state index in [1.54, 1.807) is 26.0 Å². The second-order valence-electron chi connectivity index (χ2n) is 7.86. The average Bonchev–Trinajstić information content (AvgIpc) is 2.88. The maximum Gasteiger partial charge on any atom is 0.323 e. The summed E-state index contributed by atoms with van der Waals surface area (Å²) in [5, 5.41) is 10.0. The molecule has 2 aromatic carbocycles. The van der Waals surface area contributed by atoms with Crippen LogP contribution in [0.4, 0.5) is 0 Å². The fourth-order valence-electron chi connectivity index (χ4n) is 3.92. The third-order valence-corrected chi connectivity index (χ3v) is 5.71. The number of carbonyl (C=O) groups excluding carboxylic acids is 2. The average molecular weight is 487 g/mol. The molecule has 2 aromatic rings. The first-order chi connectivity index (χ1) is 17.0. The van der Waals surface area contributed by atoms with Gasteiger partial charge in [-0.15, -0.1) is 0 Å². The molecular formula is C26H34N2O7. The van der Waals surface area contributed by atoms with Gasteiger partial charge in [-0.25, -0.2) is 0 Å². The van der Waals surface area contributed by atoms with Gasteiger partial charge in [0.1, 0.15) is 6.04 Å². The molecule has 1 amide bonds. The molecule has 0 bridgehead atoms. The van der Waals surface area contributed by atoms with Gasteiger partial charge in [0.25, 0.3) is 6.47 Å². The molecule has 3 rings (SSSR count). The van der Waals surface area contributed by atoms with Crippen molar-refractivity contribution in [1.82, 2.24) is 10.2 Å². The van der Waals surface area contributed by atoms with Crippen LogP contribution in [-0.4, -0.2) is 68.3 Å². The molecule has 1 aliphatic heterocycles. The summed E-state index contributed by atoms with van der Waals surface area (Å²) < 4.78 is 16.0. The number of nitrogens with one attached hydrogen (secondary N) is 1. The minimum Gasteiger partial charge on any atom is -0.493 e. The highest BCUT2D eigenvalue weighted by molar-refractivity contribution is 5.81. The summed E-state index contributed by atoms with van der Waals surface area (Å²) in [5.74, 6) is 0.988. The number of benzene rings is 2. The van der Waals surface area contributed by atoms with Gasteiger partial charge >= 0.3 is 5.97 Å². The number of fused-ring (bicyclic) bond motifs is 1. The lowest BCUT2D eigenvalue weighted by atomic mass is 9.98. The number of nitrogens with zero attached hydrogens (tertiary/aromatic N) is 1. The summed E-state index contributed by atoms with van der Waals surface area (Å²) >= 11 is 0. The summed E-state index contributed by atoms with van der Waals surface area (Å²) in [7, 11) is 3.22. The van der Waals surface area contributed by atoms with Crippen LogP contribution in [0, 0.1) is 0 Å². The number of esters is 1. The van der Waals surface area contributed by atoms with Crippen molar-refractivity contribution < 1.29 is 33.7 Å². The van der Waals surface area contributed by atoms with Gasteiger partial charge in [0.05, 0.1) is 27.4 Å². The van der Waals surface area contributed by atoms with E-state index < -0.39 is 6.04 Å². The SMILES string of the molecule is CCOC(=O)C(CCc1ccccc1)NCC(=O)N1CCc2cc(OC)c(OC)cc2C1.O=CO. The van der Waals surface area contributed by atoms with E-state index in [2.05, 4.69) is 5.32 Å². The second kappa shape index (κ2) is 14.6. The molecule has 0 saturated heterocycles. The van der Waals surface area contributed by atoms with Crippen LogP contribution in [0.3, 0.4) is 0 Å². The van der Waals surface area contributed by atoms with Gasteiger partial charge in [-0.05, 0) is 55.0 Å². The van der Waals surface area contributed by atoms with Crippen LogP contribution in [0.2, 0.25) is 0 Å². The molecule has 0 radical (unpaired) electrons. The highest BCUT2D eigenvalue weighted by Crippen LogP contribution is 2.33. The first kappa shape index (κ1) is 27.7. The normalized spacial score (nSPS) is 12.9. The number of hydrogen-bond acceptors (Lipinski definition) is 7. The summed E-state index contributed by atoms with van der Waals surface area (Å²) in [4.78, 5) is 35.5. The van der Waals surface area contributed by atoms with Gasteiger partial charge in [0.15, 0.2) is 11.5 Å². The molecule has 0 aliphatic carbocycles. The number of methoxy groups -OCH3 is 2. The van der Waals surface area contributed by atoms with Crippen LogP contribution in [-0.2, 0) is 38.5 Å². The number of carboxylic acid groups (broad SMARTS) is 1. The maximum atomic E-state index is 12.9. The van der Waals surface area contributed by atoms with E-state index in [9.17, 15) is 9.59 Å². The predicted molar refractivity (Wildman–Crippen MR) is 131 cm³/mol. The van der Waals surface area contributed by atoms with Crippen LogP contribution in [0.15, 0.2) is 42.5 Å². The van der Waals surface area contributed by atoms with E-state index in [4.69, 9.17) is 24.1 Å². The van der Waals surface area contributed by atoms with Crippen molar-refractivity contribution in [2.24, 2.45) is 0 Å². The summed E-state index contributed by atoms with van der Waals surface area (Å²) in [6.45, 7) is 3.05. The van der Waals surface area contributed by atoms with Crippen molar-refractivity contribution in [3.05, 3.63) is 59.2 Å². The highest BCUT2D eigenvalue weighted by Gasteiger charge is 2.25. The van der Waals surface area contributed by atoms with Crippen LogP contribution in [0.1, 0.15) is 30.0 Å². The van der Waals surface area contributed by atoms with Gasteiger partial charge in [0.2, 0.25) is 5.91 Å². The molecule has 0 spiro atoms. The minimum atomic E-state index is -0.527. The van der Waals surface area contributed by atoms with Crippen LogP contribution in [0.25, 0.3) is 0 Å². The molecule has 0 saturated carbocycles. The Kier molecular flexibility index (Phi) is 11.6. The smallest absolute Gasteiger partial charge is 0.323 e. The summed E-state index contributed by atoms with van der Waals surface area (Å²) in [6.07, 6.45) is 2.04. The summed E-state index contributed by atoms with van der Waals surface area (Å²) in [5.41, 5.74) is 3.35. The maximum absolute atomic E-state index is 12.9. The molecule has 1 aliphatic rings. The quantitative estimate of drug-likeness (QED) is 0.389. The Labute approximate surface area is 206 Å². The number of hydrogen-bond donors (Lipinski definition) is 2. The molecular weight excluding hydrogens is 452 g/mol. The Morgan fingerprint density at radius 1 is 1.11 bits per heavy atom. The molecule has 9 nitrogen and oxygen atoms in total. The monoisotopic (exact) mass is 486 g/mol. The van der Waals surface area contributed by atoms with Crippen LogP contribution in [0.5, 0.6) is 11.5 Å². The lowest BCUT2D eigenvalue weighted by molar-refractivity contribution is -0.146. The van der Waals surface area contributed by atoms with Gasteiger partial charge < -0.3 is 24.2 Å². The number of aryl methyl sites for hydroxylation is 1. The van der Waals surface area contributed by atoms with E-state index in [0.29, 0.717) is 37.6 Å². The molecule has 1 atom stereocenters. The second-order valence-corrected chi connectivity index (χ2v) is 7.86. The van der Waals surface area contributed by atoms with Gasteiger partial charge in [-0.2, -0.15) is 0 Å². The molecule has 35 heavy (non-hydrogen) atoms. The molecule has 1 unspecified atom stereocenters. The zero-order chi connectivity index (χ0) is 25.6. The van der Waals surface area contributed by atoms with Gasteiger partial charge in [-0.3, -0.25) is 19.7 Å². The predicted octanol–water partition coefficient (Wildman–Crippen LogP) is 2.44. The number of rotatable bonds is 10. The van der Waals surface area contributed by atoms with Gasteiger partial charge in [-0.1, -0.05) is 30.3 Å². The largest absolute Gasteiger partial charge is 0.493 e. The Balaban J connectivity index is 0.00000137. The Bertz CT molecular complexity index is 966. The first-order valence-corrected chi connectivity index (χ1v) is 11.5. The number of amides is 1. The van der Waals surface area contributed by atoms with Crippen LogP contribution >= 0.6 is 0 Å². The number of carbonyl (C=O) groups is 3. The first-order valence-electron chi connectivity index (χ1n) is 11.5. The molecule has 190 valence electrons.